The number of nitrogens with one attached hydrogen (secondary N) is 2. The number of amides is 1. The van der Waals surface area contributed by atoms with E-state index in [4.69, 9.17) is 0 Å². The van der Waals surface area contributed by atoms with Gasteiger partial charge in [0.2, 0.25) is 5.91 Å². The zero-order valence-corrected chi connectivity index (χ0v) is 11.9. The second-order valence-electron chi connectivity index (χ2n) is 4.51. The number of halogens is 1. The molecular formula is C12H18ClN3O3. The normalized spacial score (nSPS) is 10.5. The molecule has 0 aliphatic carbocycles. The van der Waals surface area contributed by atoms with E-state index in [1.165, 1.54) is 12.1 Å². The van der Waals surface area contributed by atoms with Gasteiger partial charge in [0.15, 0.2) is 0 Å². The van der Waals surface area contributed by atoms with Gasteiger partial charge in [0.25, 0.3) is 5.69 Å². The number of carbonyl (C=O) groups excluding carboxylic acids is 1. The summed E-state index contributed by atoms with van der Waals surface area (Å²) in [5.41, 5.74) is 0.289. The van der Waals surface area contributed by atoms with Crippen LogP contribution in [0.1, 0.15) is 19.4 Å². The van der Waals surface area contributed by atoms with Gasteiger partial charge in [0.1, 0.15) is 0 Å². The molecular weight excluding hydrogens is 270 g/mol. The minimum Gasteiger partial charge on any atom is -0.346 e. The van der Waals surface area contributed by atoms with Gasteiger partial charge in [-0.3, -0.25) is 14.9 Å². The summed E-state index contributed by atoms with van der Waals surface area (Å²) < 4.78 is 0. The summed E-state index contributed by atoms with van der Waals surface area (Å²) in [5, 5.41) is 16.2. The highest BCUT2D eigenvalue weighted by Crippen LogP contribution is 2.22. The van der Waals surface area contributed by atoms with E-state index in [1.807, 2.05) is 13.8 Å². The lowest BCUT2D eigenvalue weighted by Crippen LogP contribution is -2.44. The molecule has 0 aliphatic rings. The molecule has 0 spiro atoms. The van der Waals surface area contributed by atoms with Crippen LogP contribution < -0.4 is 10.6 Å². The van der Waals surface area contributed by atoms with Crippen LogP contribution in [0.15, 0.2) is 24.3 Å². The monoisotopic (exact) mass is 287 g/mol. The number of benzene rings is 1. The van der Waals surface area contributed by atoms with Crippen molar-refractivity contribution < 1.29 is 9.72 Å². The van der Waals surface area contributed by atoms with E-state index in [1.54, 1.807) is 19.2 Å². The minimum absolute atomic E-state index is 0. The molecule has 6 nitrogen and oxygen atoms in total. The van der Waals surface area contributed by atoms with Crippen molar-refractivity contribution in [2.24, 2.45) is 0 Å². The SMILES string of the molecule is CNCC(=O)NC(C)(C)c1ccc([N+](=O)[O-])cc1.Cl. The fourth-order valence-corrected chi connectivity index (χ4v) is 1.63. The van der Waals surface area contributed by atoms with Gasteiger partial charge in [-0.15, -0.1) is 12.4 Å². The van der Waals surface area contributed by atoms with E-state index >= 15 is 0 Å². The first-order valence-electron chi connectivity index (χ1n) is 5.57. The van der Waals surface area contributed by atoms with Gasteiger partial charge >= 0.3 is 0 Å². The van der Waals surface area contributed by atoms with Crippen molar-refractivity contribution in [3.05, 3.63) is 39.9 Å². The Bertz CT molecular complexity index is 446. The molecule has 0 atom stereocenters. The number of nitrogens with zero attached hydrogens (tertiary/aromatic N) is 1. The minimum atomic E-state index is -0.566. The first-order valence-corrected chi connectivity index (χ1v) is 5.57. The second-order valence-corrected chi connectivity index (χ2v) is 4.51. The number of carbonyl (C=O) groups is 1. The van der Waals surface area contributed by atoms with Crippen molar-refractivity contribution in [3.63, 3.8) is 0 Å². The third-order valence-corrected chi connectivity index (χ3v) is 2.59. The van der Waals surface area contributed by atoms with E-state index in [9.17, 15) is 14.9 Å². The molecule has 106 valence electrons. The van der Waals surface area contributed by atoms with Crippen molar-refractivity contribution >= 4 is 24.0 Å². The van der Waals surface area contributed by atoms with Gasteiger partial charge in [-0.25, -0.2) is 0 Å². The maximum atomic E-state index is 11.5. The fourth-order valence-electron chi connectivity index (χ4n) is 1.63. The first-order chi connectivity index (χ1) is 8.36. The Morgan fingerprint density at radius 2 is 1.84 bits per heavy atom. The highest BCUT2D eigenvalue weighted by atomic mass is 35.5. The van der Waals surface area contributed by atoms with Crippen LogP contribution in [0, 0.1) is 10.1 Å². The standard InChI is InChI=1S/C12H17N3O3.ClH/c1-12(2,14-11(16)8-13-3)9-4-6-10(7-5-9)15(17)18;/h4-7,13H,8H2,1-3H3,(H,14,16);1H. The third kappa shape index (κ3) is 4.84. The Morgan fingerprint density at radius 1 is 1.32 bits per heavy atom. The summed E-state index contributed by atoms with van der Waals surface area (Å²) in [4.78, 5) is 21.6. The molecule has 0 bridgehead atoms. The Kier molecular flexibility index (Phi) is 6.44. The molecule has 0 aliphatic heterocycles. The zero-order valence-electron chi connectivity index (χ0n) is 11.1. The van der Waals surface area contributed by atoms with Crippen LogP contribution in [0.5, 0.6) is 0 Å². The molecule has 1 aromatic rings. The maximum absolute atomic E-state index is 11.5. The lowest BCUT2D eigenvalue weighted by Gasteiger charge is -2.26. The van der Waals surface area contributed by atoms with Crippen LogP contribution in [0.2, 0.25) is 0 Å². The number of nitro benzene ring substituents is 1. The van der Waals surface area contributed by atoms with E-state index in [0.29, 0.717) is 0 Å². The highest BCUT2D eigenvalue weighted by Gasteiger charge is 2.23. The molecule has 2 N–H and O–H groups in total. The summed E-state index contributed by atoms with van der Waals surface area (Å²) in [6.07, 6.45) is 0. The predicted molar refractivity (Wildman–Crippen MR) is 75.4 cm³/mol. The van der Waals surface area contributed by atoms with Gasteiger partial charge in [-0.1, -0.05) is 0 Å². The van der Waals surface area contributed by atoms with Gasteiger partial charge < -0.3 is 10.6 Å². The average Bonchev–Trinajstić information content (AvgIpc) is 2.28. The first kappa shape index (κ1) is 17.3. The summed E-state index contributed by atoms with van der Waals surface area (Å²) in [6, 6.07) is 6.16. The molecule has 0 fully saturated rings. The highest BCUT2D eigenvalue weighted by molar-refractivity contribution is 5.85. The second kappa shape index (κ2) is 7.06. The summed E-state index contributed by atoms with van der Waals surface area (Å²) in [7, 11) is 1.69. The summed E-state index contributed by atoms with van der Waals surface area (Å²) in [6.45, 7) is 3.93. The molecule has 0 radical (unpaired) electrons. The Hall–Kier alpha value is -1.66. The van der Waals surface area contributed by atoms with Crippen molar-refractivity contribution in [2.75, 3.05) is 13.6 Å². The number of non-ortho nitro benzene ring substituents is 1. The van der Waals surface area contributed by atoms with Gasteiger partial charge in [0.05, 0.1) is 17.0 Å². The molecule has 0 saturated carbocycles. The lowest BCUT2D eigenvalue weighted by atomic mass is 9.94. The molecule has 1 aromatic carbocycles. The topological polar surface area (TPSA) is 84.3 Å². The fraction of sp³-hybridized carbons (Fsp3) is 0.417. The number of likely N-dealkylation sites (N-methyl/N-ethyl adjacent to an activating group) is 1. The molecule has 1 rings (SSSR count). The van der Waals surface area contributed by atoms with Crippen LogP contribution in [-0.2, 0) is 10.3 Å². The van der Waals surface area contributed by atoms with Crippen LogP contribution in [-0.4, -0.2) is 24.4 Å². The van der Waals surface area contributed by atoms with Crippen LogP contribution >= 0.6 is 12.4 Å². The van der Waals surface area contributed by atoms with E-state index in [0.717, 1.165) is 5.56 Å². The average molecular weight is 288 g/mol. The van der Waals surface area contributed by atoms with Crippen molar-refractivity contribution in [3.8, 4) is 0 Å². The Balaban J connectivity index is 0.00000324. The molecule has 1 amide bonds. The maximum Gasteiger partial charge on any atom is 0.269 e. The summed E-state index contributed by atoms with van der Waals surface area (Å²) in [5.74, 6) is -0.124. The summed E-state index contributed by atoms with van der Waals surface area (Å²) >= 11 is 0. The van der Waals surface area contributed by atoms with Crippen molar-refractivity contribution in [1.29, 1.82) is 0 Å². The van der Waals surface area contributed by atoms with Crippen LogP contribution in [0.3, 0.4) is 0 Å². The van der Waals surface area contributed by atoms with Gasteiger partial charge in [-0.05, 0) is 38.6 Å². The zero-order chi connectivity index (χ0) is 13.8. The molecule has 19 heavy (non-hydrogen) atoms. The van der Waals surface area contributed by atoms with Crippen LogP contribution in [0.25, 0.3) is 0 Å². The number of rotatable bonds is 5. The molecule has 0 unspecified atom stereocenters. The third-order valence-electron chi connectivity index (χ3n) is 2.59. The van der Waals surface area contributed by atoms with E-state index in [2.05, 4.69) is 10.6 Å². The quantitative estimate of drug-likeness (QED) is 0.636. The van der Waals surface area contributed by atoms with E-state index in [-0.39, 0.29) is 30.5 Å². The van der Waals surface area contributed by atoms with Gasteiger partial charge in [0, 0.05) is 12.1 Å². The van der Waals surface area contributed by atoms with Crippen LogP contribution in [0.4, 0.5) is 5.69 Å². The Labute approximate surface area is 118 Å². The molecule has 0 saturated heterocycles. The number of nitro groups is 1. The van der Waals surface area contributed by atoms with Crippen molar-refractivity contribution in [1.82, 2.24) is 10.6 Å². The van der Waals surface area contributed by atoms with E-state index < -0.39 is 10.5 Å². The molecule has 0 heterocycles. The largest absolute Gasteiger partial charge is 0.346 e. The Morgan fingerprint density at radius 3 is 2.26 bits per heavy atom. The smallest absolute Gasteiger partial charge is 0.269 e. The van der Waals surface area contributed by atoms with Gasteiger partial charge in [-0.2, -0.15) is 0 Å². The predicted octanol–water partition coefficient (Wildman–Crippen LogP) is 1.59. The number of hydrogen-bond acceptors (Lipinski definition) is 4. The lowest BCUT2D eigenvalue weighted by molar-refractivity contribution is -0.384. The molecule has 7 heteroatoms. The van der Waals surface area contributed by atoms with Crippen molar-refractivity contribution in [2.45, 2.75) is 19.4 Å². The number of hydrogen-bond donors (Lipinski definition) is 2. The molecule has 0 aromatic heterocycles.